The van der Waals surface area contributed by atoms with Crippen LogP contribution in [0.5, 0.6) is 0 Å². The third-order valence-corrected chi connectivity index (χ3v) is 6.73. The molecule has 2 aromatic heterocycles. The highest BCUT2D eigenvalue weighted by atomic mass is 32.1. The number of nitrogens with one attached hydrogen (secondary N) is 1. The predicted molar refractivity (Wildman–Crippen MR) is 126 cm³/mol. The summed E-state index contributed by atoms with van der Waals surface area (Å²) in [6.07, 6.45) is 9.25. The second-order valence-corrected chi connectivity index (χ2v) is 9.01. The molecule has 1 aromatic carbocycles. The minimum absolute atomic E-state index is 0.00886. The van der Waals surface area contributed by atoms with Gasteiger partial charge in [0.15, 0.2) is 5.11 Å². The molecule has 1 saturated heterocycles. The molecule has 0 spiro atoms. The van der Waals surface area contributed by atoms with Gasteiger partial charge in [-0.25, -0.2) is 0 Å². The van der Waals surface area contributed by atoms with Gasteiger partial charge in [-0.2, -0.15) is 0 Å². The standard InChI is InChI=1S/C25H28N4S/c1-17-14-18(2)16-20(15-17)29-24(22-11-7-13-28(22)19-8-3-4-9-19)23(27-25(29)30)21-10-5-6-12-26-21/h5-7,10-16,19,23-24H,3-4,8-9H2,1-2H3,(H,27,30)/t23-,24-/m0/s1. The van der Waals surface area contributed by atoms with E-state index in [2.05, 4.69) is 82.3 Å². The van der Waals surface area contributed by atoms with Crippen LogP contribution in [0.1, 0.15) is 66.3 Å². The van der Waals surface area contributed by atoms with Gasteiger partial charge in [-0.15, -0.1) is 0 Å². The minimum Gasteiger partial charge on any atom is -0.351 e. The summed E-state index contributed by atoms with van der Waals surface area (Å²) in [7, 11) is 0. The Hall–Kier alpha value is -2.66. The molecule has 1 N–H and O–H groups in total. The van der Waals surface area contributed by atoms with Crippen molar-refractivity contribution >= 4 is 23.0 Å². The van der Waals surface area contributed by atoms with Gasteiger partial charge < -0.3 is 14.8 Å². The molecule has 0 bridgehead atoms. The molecule has 5 rings (SSSR count). The molecule has 4 nitrogen and oxygen atoms in total. The van der Waals surface area contributed by atoms with Crippen molar-refractivity contribution in [3.05, 3.63) is 83.4 Å². The van der Waals surface area contributed by atoms with Crippen LogP contribution < -0.4 is 10.2 Å². The normalized spacial score (nSPS) is 21.9. The summed E-state index contributed by atoms with van der Waals surface area (Å²) in [4.78, 5) is 6.99. The molecule has 1 aliphatic heterocycles. The van der Waals surface area contributed by atoms with E-state index >= 15 is 0 Å². The lowest BCUT2D eigenvalue weighted by molar-refractivity contribution is 0.461. The van der Waals surface area contributed by atoms with Crippen LogP contribution in [-0.2, 0) is 0 Å². The third kappa shape index (κ3) is 3.41. The fraction of sp³-hybridized carbons (Fsp3) is 0.360. The van der Waals surface area contributed by atoms with E-state index in [4.69, 9.17) is 12.2 Å². The fourth-order valence-corrected chi connectivity index (χ4v) is 5.54. The summed E-state index contributed by atoms with van der Waals surface area (Å²) in [5.41, 5.74) is 5.98. The van der Waals surface area contributed by atoms with Crippen molar-refractivity contribution in [3.63, 3.8) is 0 Å². The first-order chi connectivity index (χ1) is 14.6. The number of pyridine rings is 1. The topological polar surface area (TPSA) is 33.1 Å². The Bertz CT molecular complexity index is 1030. The van der Waals surface area contributed by atoms with E-state index in [1.165, 1.54) is 42.5 Å². The summed E-state index contributed by atoms with van der Waals surface area (Å²) >= 11 is 5.89. The average molecular weight is 417 g/mol. The second kappa shape index (κ2) is 7.88. The number of anilines is 1. The first-order valence-electron chi connectivity index (χ1n) is 10.9. The maximum Gasteiger partial charge on any atom is 0.174 e. The van der Waals surface area contributed by atoms with Gasteiger partial charge >= 0.3 is 0 Å². The Kier molecular flexibility index (Phi) is 5.07. The monoisotopic (exact) mass is 416 g/mol. The van der Waals surface area contributed by atoms with Crippen molar-refractivity contribution in [2.75, 3.05) is 4.90 Å². The van der Waals surface area contributed by atoms with Gasteiger partial charge in [0.25, 0.3) is 0 Å². The molecule has 2 fully saturated rings. The van der Waals surface area contributed by atoms with Crippen LogP contribution in [-0.4, -0.2) is 14.7 Å². The zero-order valence-electron chi connectivity index (χ0n) is 17.6. The van der Waals surface area contributed by atoms with Gasteiger partial charge in [-0.05, 0) is 86.4 Å². The lowest BCUT2D eigenvalue weighted by atomic mass is 9.99. The van der Waals surface area contributed by atoms with E-state index in [0.717, 1.165) is 16.5 Å². The summed E-state index contributed by atoms with van der Waals surface area (Å²) in [6.45, 7) is 4.30. The van der Waals surface area contributed by atoms with Crippen molar-refractivity contribution in [2.24, 2.45) is 0 Å². The number of hydrogen-bond donors (Lipinski definition) is 1. The molecule has 0 unspecified atom stereocenters. The molecule has 0 radical (unpaired) electrons. The summed E-state index contributed by atoms with van der Waals surface area (Å²) < 4.78 is 2.50. The molecule has 1 aliphatic carbocycles. The van der Waals surface area contributed by atoms with Gasteiger partial charge in [0.1, 0.15) is 6.04 Å². The van der Waals surface area contributed by atoms with Crippen molar-refractivity contribution < 1.29 is 0 Å². The van der Waals surface area contributed by atoms with Crippen LogP contribution in [0.2, 0.25) is 0 Å². The highest BCUT2D eigenvalue weighted by Gasteiger charge is 2.42. The Morgan fingerprint density at radius 3 is 2.47 bits per heavy atom. The number of rotatable bonds is 4. The van der Waals surface area contributed by atoms with Gasteiger partial charge in [-0.1, -0.05) is 25.0 Å². The van der Waals surface area contributed by atoms with E-state index < -0.39 is 0 Å². The second-order valence-electron chi connectivity index (χ2n) is 8.62. The molecule has 3 aromatic rings. The molecule has 154 valence electrons. The van der Waals surface area contributed by atoms with Crippen LogP contribution in [0.15, 0.2) is 60.9 Å². The van der Waals surface area contributed by atoms with E-state index in [-0.39, 0.29) is 12.1 Å². The molecular weight excluding hydrogens is 388 g/mol. The molecule has 1 saturated carbocycles. The maximum atomic E-state index is 5.89. The number of thiocarbonyl (C=S) groups is 1. The largest absolute Gasteiger partial charge is 0.351 e. The van der Waals surface area contributed by atoms with Crippen LogP contribution in [0, 0.1) is 13.8 Å². The lowest BCUT2D eigenvalue weighted by Crippen LogP contribution is -2.30. The molecular formula is C25H28N4S. The first-order valence-corrected chi connectivity index (χ1v) is 11.3. The number of aromatic nitrogens is 2. The molecule has 2 aliphatic rings. The molecule has 3 heterocycles. The number of hydrogen-bond acceptors (Lipinski definition) is 2. The smallest absolute Gasteiger partial charge is 0.174 e. The Morgan fingerprint density at radius 1 is 1.00 bits per heavy atom. The zero-order chi connectivity index (χ0) is 20.7. The van der Waals surface area contributed by atoms with Crippen molar-refractivity contribution in [2.45, 2.75) is 57.7 Å². The SMILES string of the molecule is Cc1cc(C)cc(N2C(=S)N[C@@H](c3ccccn3)[C@@H]2c2cccn2C2CCCC2)c1. The van der Waals surface area contributed by atoms with Crippen LogP contribution in [0.25, 0.3) is 0 Å². The van der Waals surface area contributed by atoms with Crippen molar-refractivity contribution in [1.29, 1.82) is 0 Å². The molecule has 5 heteroatoms. The van der Waals surface area contributed by atoms with E-state index in [0.29, 0.717) is 6.04 Å². The summed E-state index contributed by atoms with van der Waals surface area (Å²) in [5, 5.41) is 4.36. The van der Waals surface area contributed by atoms with Gasteiger partial charge in [0, 0.05) is 29.8 Å². The minimum atomic E-state index is 0.00886. The zero-order valence-corrected chi connectivity index (χ0v) is 18.4. The Balaban J connectivity index is 1.65. The predicted octanol–water partition coefficient (Wildman–Crippen LogP) is 5.79. The van der Waals surface area contributed by atoms with E-state index in [1.54, 1.807) is 0 Å². The third-order valence-electron chi connectivity index (χ3n) is 6.42. The van der Waals surface area contributed by atoms with Gasteiger partial charge in [0.2, 0.25) is 0 Å². The maximum absolute atomic E-state index is 5.89. The van der Waals surface area contributed by atoms with Crippen LogP contribution >= 0.6 is 12.2 Å². The molecule has 0 amide bonds. The highest BCUT2D eigenvalue weighted by Crippen LogP contribution is 2.44. The van der Waals surface area contributed by atoms with Crippen molar-refractivity contribution in [3.8, 4) is 0 Å². The molecule has 30 heavy (non-hydrogen) atoms. The lowest BCUT2D eigenvalue weighted by Gasteiger charge is -2.30. The average Bonchev–Trinajstić information content (AvgIpc) is 3.47. The fourth-order valence-electron chi connectivity index (χ4n) is 5.20. The number of aryl methyl sites for hydroxylation is 2. The van der Waals surface area contributed by atoms with Gasteiger partial charge in [0.05, 0.1) is 11.7 Å². The van der Waals surface area contributed by atoms with Crippen LogP contribution in [0.4, 0.5) is 5.69 Å². The van der Waals surface area contributed by atoms with Crippen molar-refractivity contribution in [1.82, 2.24) is 14.9 Å². The van der Waals surface area contributed by atoms with E-state index in [1.807, 2.05) is 12.3 Å². The number of nitrogens with zero attached hydrogens (tertiary/aromatic N) is 3. The highest BCUT2D eigenvalue weighted by molar-refractivity contribution is 7.80. The quantitative estimate of drug-likeness (QED) is 0.546. The van der Waals surface area contributed by atoms with Gasteiger partial charge in [-0.3, -0.25) is 4.98 Å². The Morgan fingerprint density at radius 2 is 1.77 bits per heavy atom. The molecule has 2 atom stereocenters. The van der Waals surface area contributed by atoms with Crippen LogP contribution in [0.3, 0.4) is 0 Å². The Labute approximate surface area is 183 Å². The summed E-state index contributed by atoms with van der Waals surface area (Å²) in [5.74, 6) is 0. The van der Waals surface area contributed by atoms with E-state index in [9.17, 15) is 0 Å². The first kappa shape index (κ1) is 19.3. The summed E-state index contributed by atoms with van der Waals surface area (Å²) in [6, 6.07) is 17.9. The number of benzene rings is 1.